The maximum absolute atomic E-state index is 11.8. The molecule has 0 aromatic carbocycles. The summed E-state index contributed by atoms with van der Waals surface area (Å²) in [4.78, 5) is 25.0. The first-order valence-corrected chi connectivity index (χ1v) is 6.41. The van der Waals surface area contributed by atoms with Crippen LogP contribution in [-0.4, -0.2) is 47.5 Å². The maximum Gasteiger partial charge on any atom is 0.410 e. The Morgan fingerprint density at radius 3 is 2.11 bits per heavy atom. The zero-order valence-electron chi connectivity index (χ0n) is 11.4. The van der Waals surface area contributed by atoms with Crippen LogP contribution in [0.3, 0.4) is 0 Å². The summed E-state index contributed by atoms with van der Waals surface area (Å²) < 4.78 is 9.21. The standard InChI is InChI=1S/C12H21NO4S/c1-11(2,3)17-10(15)13-7-5-12(18,6-8-13)9(14)16-4/h18H,5-8H2,1-4H3. The number of carbonyl (C=O) groups is 2. The molecule has 0 unspecified atom stereocenters. The summed E-state index contributed by atoms with van der Waals surface area (Å²) in [6, 6.07) is 0. The van der Waals surface area contributed by atoms with E-state index in [1.54, 1.807) is 4.90 Å². The Balaban J connectivity index is 2.54. The molecule has 0 N–H and O–H groups in total. The number of amides is 1. The van der Waals surface area contributed by atoms with Gasteiger partial charge in [0.2, 0.25) is 0 Å². The van der Waals surface area contributed by atoms with E-state index in [0.29, 0.717) is 25.9 Å². The summed E-state index contributed by atoms with van der Waals surface area (Å²) in [6.07, 6.45) is 0.604. The largest absolute Gasteiger partial charge is 0.468 e. The minimum atomic E-state index is -0.784. The fourth-order valence-corrected chi connectivity index (χ4v) is 2.07. The highest BCUT2D eigenvalue weighted by atomic mass is 32.1. The highest BCUT2D eigenvalue weighted by Crippen LogP contribution is 2.30. The molecule has 1 fully saturated rings. The van der Waals surface area contributed by atoms with Gasteiger partial charge in [-0.2, -0.15) is 12.6 Å². The molecule has 1 heterocycles. The third kappa shape index (κ3) is 3.80. The van der Waals surface area contributed by atoms with E-state index in [-0.39, 0.29) is 12.1 Å². The Morgan fingerprint density at radius 2 is 1.72 bits per heavy atom. The number of hydrogen-bond acceptors (Lipinski definition) is 5. The van der Waals surface area contributed by atoms with Gasteiger partial charge in [0, 0.05) is 13.1 Å². The van der Waals surface area contributed by atoms with Crippen molar-refractivity contribution in [2.24, 2.45) is 0 Å². The van der Waals surface area contributed by atoms with Crippen molar-refractivity contribution < 1.29 is 19.1 Å². The van der Waals surface area contributed by atoms with Gasteiger partial charge in [-0.05, 0) is 33.6 Å². The van der Waals surface area contributed by atoms with Crippen LogP contribution in [0.4, 0.5) is 4.79 Å². The average Bonchev–Trinajstić information content (AvgIpc) is 2.26. The van der Waals surface area contributed by atoms with Gasteiger partial charge in [-0.1, -0.05) is 0 Å². The normalized spacial score (nSPS) is 19.3. The number of nitrogens with zero attached hydrogens (tertiary/aromatic N) is 1. The third-order valence-electron chi connectivity index (χ3n) is 2.81. The molecule has 0 saturated carbocycles. The van der Waals surface area contributed by atoms with Crippen LogP contribution < -0.4 is 0 Å². The van der Waals surface area contributed by atoms with Crippen LogP contribution >= 0.6 is 12.6 Å². The molecule has 18 heavy (non-hydrogen) atoms. The first-order chi connectivity index (χ1) is 8.18. The molecular formula is C12H21NO4S. The lowest BCUT2D eigenvalue weighted by molar-refractivity contribution is -0.144. The van der Waals surface area contributed by atoms with Crippen molar-refractivity contribution in [3.63, 3.8) is 0 Å². The Labute approximate surface area is 113 Å². The van der Waals surface area contributed by atoms with E-state index in [9.17, 15) is 9.59 Å². The lowest BCUT2D eigenvalue weighted by Crippen LogP contribution is -2.49. The predicted molar refractivity (Wildman–Crippen MR) is 70.8 cm³/mol. The summed E-state index contributed by atoms with van der Waals surface area (Å²) in [6.45, 7) is 6.38. The molecule has 0 bridgehead atoms. The Kier molecular flexibility index (Phi) is 4.53. The topological polar surface area (TPSA) is 55.8 Å². The van der Waals surface area contributed by atoms with Crippen LogP contribution in [-0.2, 0) is 14.3 Å². The van der Waals surface area contributed by atoms with Gasteiger partial charge in [0.15, 0.2) is 0 Å². The minimum absolute atomic E-state index is 0.338. The van der Waals surface area contributed by atoms with E-state index in [1.165, 1.54) is 7.11 Å². The third-order valence-corrected chi connectivity index (χ3v) is 3.44. The fraction of sp³-hybridized carbons (Fsp3) is 0.833. The molecule has 0 spiro atoms. The second-order valence-electron chi connectivity index (χ2n) is 5.49. The molecule has 0 aromatic heterocycles. The number of methoxy groups -OCH3 is 1. The van der Waals surface area contributed by atoms with Crippen LogP contribution in [0.25, 0.3) is 0 Å². The molecule has 1 aliphatic heterocycles. The Bertz CT molecular complexity index is 329. The van der Waals surface area contributed by atoms with Crippen LogP contribution in [0, 0.1) is 0 Å². The number of hydrogen-bond donors (Lipinski definition) is 1. The summed E-state index contributed by atoms with van der Waals surface area (Å²) in [5.41, 5.74) is -0.505. The van der Waals surface area contributed by atoms with E-state index in [4.69, 9.17) is 9.47 Å². The number of piperidine rings is 1. The maximum atomic E-state index is 11.8. The highest BCUT2D eigenvalue weighted by molar-refractivity contribution is 7.82. The summed E-state index contributed by atoms with van der Waals surface area (Å²) in [7, 11) is 1.35. The molecule has 6 heteroatoms. The lowest BCUT2D eigenvalue weighted by atomic mass is 9.96. The number of ether oxygens (including phenoxy) is 2. The number of likely N-dealkylation sites (tertiary alicyclic amines) is 1. The van der Waals surface area contributed by atoms with Gasteiger partial charge in [-0.15, -0.1) is 0 Å². The average molecular weight is 275 g/mol. The van der Waals surface area contributed by atoms with E-state index >= 15 is 0 Å². The van der Waals surface area contributed by atoms with Gasteiger partial charge >= 0.3 is 12.1 Å². The van der Waals surface area contributed by atoms with Crippen molar-refractivity contribution in [2.45, 2.75) is 44.0 Å². The smallest absolute Gasteiger partial charge is 0.410 e. The monoisotopic (exact) mass is 275 g/mol. The van der Waals surface area contributed by atoms with E-state index in [1.807, 2.05) is 20.8 Å². The van der Waals surface area contributed by atoms with Crippen molar-refractivity contribution in [1.29, 1.82) is 0 Å². The highest BCUT2D eigenvalue weighted by Gasteiger charge is 2.40. The first kappa shape index (κ1) is 15.1. The lowest BCUT2D eigenvalue weighted by Gasteiger charge is -2.37. The van der Waals surface area contributed by atoms with Gasteiger partial charge in [0.25, 0.3) is 0 Å². The SMILES string of the molecule is COC(=O)C1(S)CCN(C(=O)OC(C)(C)C)CC1. The second-order valence-corrected chi connectivity index (χ2v) is 6.35. The number of rotatable bonds is 1. The molecule has 5 nitrogen and oxygen atoms in total. The van der Waals surface area contributed by atoms with Crippen molar-refractivity contribution in [2.75, 3.05) is 20.2 Å². The van der Waals surface area contributed by atoms with Crippen molar-refractivity contribution in [3.8, 4) is 0 Å². The summed E-state index contributed by atoms with van der Waals surface area (Å²) in [5, 5.41) is 0. The summed E-state index contributed by atoms with van der Waals surface area (Å²) in [5.74, 6) is -0.338. The molecule has 0 aromatic rings. The molecule has 1 aliphatic rings. The Morgan fingerprint density at radius 1 is 1.22 bits per heavy atom. The quantitative estimate of drug-likeness (QED) is 0.586. The Hall–Kier alpha value is -0.910. The van der Waals surface area contributed by atoms with Gasteiger partial charge < -0.3 is 14.4 Å². The number of carbonyl (C=O) groups excluding carboxylic acids is 2. The predicted octanol–water partition coefficient (Wildman–Crippen LogP) is 1.86. The van der Waals surface area contributed by atoms with Crippen LogP contribution in [0.5, 0.6) is 0 Å². The van der Waals surface area contributed by atoms with E-state index in [2.05, 4.69) is 12.6 Å². The summed E-state index contributed by atoms with van der Waals surface area (Å²) >= 11 is 4.37. The second kappa shape index (κ2) is 5.38. The van der Waals surface area contributed by atoms with Crippen molar-refractivity contribution in [3.05, 3.63) is 0 Å². The fourth-order valence-electron chi connectivity index (χ4n) is 1.78. The van der Waals surface area contributed by atoms with Crippen molar-refractivity contribution in [1.82, 2.24) is 4.90 Å². The number of esters is 1. The van der Waals surface area contributed by atoms with Gasteiger partial charge in [0.05, 0.1) is 7.11 Å². The van der Waals surface area contributed by atoms with Crippen LogP contribution in [0.15, 0.2) is 0 Å². The van der Waals surface area contributed by atoms with Crippen LogP contribution in [0.2, 0.25) is 0 Å². The van der Waals surface area contributed by atoms with Gasteiger partial charge in [-0.25, -0.2) is 4.79 Å². The molecule has 0 radical (unpaired) electrons. The molecule has 1 rings (SSSR count). The van der Waals surface area contributed by atoms with E-state index < -0.39 is 10.3 Å². The number of thiol groups is 1. The molecule has 0 aliphatic carbocycles. The molecule has 1 saturated heterocycles. The molecule has 1 amide bonds. The van der Waals surface area contributed by atoms with Gasteiger partial charge in [0.1, 0.15) is 10.3 Å². The van der Waals surface area contributed by atoms with Crippen LogP contribution in [0.1, 0.15) is 33.6 Å². The first-order valence-electron chi connectivity index (χ1n) is 5.97. The zero-order chi connectivity index (χ0) is 14.0. The van der Waals surface area contributed by atoms with Gasteiger partial charge in [-0.3, -0.25) is 4.79 Å². The molecule has 104 valence electrons. The minimum Gasteiger partial charge on any atom is -0.468 e. The van der Waals surface area contributed by atoms with E-state index in [0.717, 1.165) is 0 Å². The zero-order valence-corrected chi connectivity index (χ0v) is 12.3. The molecule has 0 atom stereocenters. The van der Waals surface area contributed by atoms with Crippen molar-refractivity contribution >= 4 is 24.7 Å². The molecular weight excluding hydrogens is 254 g/mol.